The van der Waals surface area contributed by atoms with Gasteiger partial charge in [0.15, 0.2) is 0 Å². The van der Waals surface area contributed by atoms with E-state index in [9.17, 15) is 4.79 Å². The van der Waals surface area contributed by atoms with Crippen LogP contribution in [0.3, 0.4) is 0 Å². The lowest BCUT2D eigenvalue weighted by Gasteiger charge is -2.31. The first-order valence-corrected chi connectivity index (χ1v) is 8.67. The molecule has 2 aliphatic rings. The summed E-state index contributed by atoms with van der Waals surface area (Å²) < 4.78 is 0. The average Bonchev–Trinajstić information content (AvgIpc) is 3.12. The molecule has 4 heteroatoms. The third kappa shape index (κ3) is 2.63. The van der Waals surface area contributed by atoms with Crippen molar-refractivity contribution in [3.05, 3.63) is 21.9 Å². The van der Waals surface area contributed by atoms with Gasteiger partial charge in [-0.2, -0.15) is 0 Å². The van der Waals surface area contributed by atoms with Gasteiger partial charge in [-0.15, -0.1) is 11.3 Å². The number of carbonyl (C=O) groups excluding carboxylic acids is 1. The number of hydrogen-bond donors (Lipinski definition) is 1. The van der Waals surface area contributed by atoms with Gasteiger partial charge >= 0.3 is 0 Å². The molecule has 110 valence electrons. The van der Waals surface area contributed by atoms with Gasteiger partial charge in [-0.05, 0) is 62.0 Å². The van der Waals surface area contributed by atoms with E-state index < -0.39 is 0 Å². The van der Waals surface area contributed by atoms with E-state index in [1.54, 1.807) is 11.3 Å². The van der Waals surface area contributed by atoms with Crippen LogP contribution in [0.5, 0.6) is 0 Å². The summed E-state index contributed by atoms with van der Waals surface area (Å²) >= 11 is 1.80. The Morgan fingerprint density at radius 1 is 1.40 bits per heavy atom. The average molecular weight is 293 g/mol. The highest BCUT2D eigenvalue weighted by atomic mass is 32.1. The van der Waals surface area contributed by atoms with Gasteiger partial charge in [-0.1, -0.05) is 0 Å². The number of carbonyl (C=O) groups is 1. The molecule has 0 bridgehead atoms. The fourth-order valence-corrected chi connectivity index (χ4v) is 4.68. The van der Waals surface area contributed by atoms with E-state index in [1.165, 1.54) is 10.4 Å². The van der Waals surface area contributed by atoms with E-state index in [0.717, 1.165) is 51.5 Å². The van der Waals surface area contributed by atoms with Crippen LogP contribution < -0.4 is 0 Å². The van der Waals surface area contributed by atoms with Crippen LogP contribution in [0.25, 0.3) is 0 Å². The zero-order valence-corrected chi connectivity index (χ0v) is 12.7. The number of aliphatic hydroxyl groups is 1. The van der Waals surface area contributed by atoms with Gasteiger partial charge in [0.25, 0.3) is 0 Å². The van der Waals surface area contributed by atoms with Crippen LogP contribution in [0.2, 0.25) is 0 Å². The van der Waals surface area contributed by atoms with Crippen LogP contribution in [0.4, 0.5) is 0 Å². The molecule has 20 heavy (non-hydrogen) atoms. The number of likely N-dealkylation sites (tertiary alicyclic amines) is 1. The molecule has 1 aromatic heterocycles. The first kappa shape index (κ1) is 14.1. The Balaban J connectivity index is 1.73. The highest BCUT2D eigenvalue weighted by Crippen LogP contribution is 2.37. The Morgan fingerprint density at radius 3 is 3.15 bits per heavy atom. The van der Waals surface area contributed by atoms with Crippen molar-refractivity contribution in [3.8, 4) is 0 Å². The minimum absolute atomic E-state index is 0.0970. The second-order valence-electron chi connectivity index (χ2n) is 5.94. The number of aliphatic hydroxyl groups excluding tert-OH is 1. The van der Waals surface area contributed by atoms with Crippen LogP contribution >= 0.6 is 11.3 Å². The Labute approximate surface area is 124 Å². The summed E-state index contributed by atoms with van der Waals surface area (Å²) in [6.45, 7) is 1.14. The number of aryl methyl sites for hydroxylation is 1. The van der Waals surface area contributed by atoms with E-state index >= 15 is 0 Å². The Kier molecular flexibility index (Phi) is 4.41. The predicted molar refractivity (Wildman–Crippen MR) is 81.1 cm³/mol. The standard InChI is InChI=1S/C16H23NO2S/c18-10-3-5-12-4-2-9-17(12)16(19)14-6-1-7-15-13(14)8-11-20-15/h8,11-12,14,18H,1-7,9-10H2. The van der Waals surface area contributed by atoms with Gasteiger partial charge in [0.1, 0.15) is 0 Å². The molecule has 2 heterocycles. The molecule has 2 unspecified atom stereocenters. The van der Waals surface area contributed by atoms with E-state index in [2.05, 4.69) is 16.3 Å². The van der Waals surface area contributed by atoms with E-state index in [1.807, 2.05) is 0 Å². The number of thiophene rings is 1. The molecule has 1 aliphatic heterocycles. The minimum Gasteiger partial charge on any atom is -0.396 e. The Morgan fingerprint density at radius 2 is 2.30 bits per heavy atom. The molecule has 1 saturated heterocycles. The zero-order valence-electron chi connectivity index (χ0n) is 11.9. The summed E-state index contributed by atoms with van der Waals surface area (Å²) in [4.78, 5) is 16.4. The van der Waals surface area contributed by atoms with E-state index in [-0.39, 0.29) is 12.5 Å². The second-order valence-corrected chi connectivity index (χ2v) is 6.94. The molecule has 3 nitrogen and oxygen atoms in total. The summed E-state index contributed by atoms with van der Waals surface area (Å²) in [7, 11) is 0. The number of fused-ring (bicyclic) bond motifs is 1. The summed E-state index contributed by atoms with van der Waals surface area (Å²) in [5.41, 5.74) is 1.29. The third-order valence-corrected chi connectivity index (χ3v) is 5.70. The van der Waals surface area contributed by atoms with Gasteiger partial charge in [-0.25, -0.2) is 0 Å². The molecule has 3 rings (SSSR count). The lowest BCUT2D eigenvalue weighted by molar-refractivity contribution is -0.134. The van der Waals surface area contributed by atoms with Crippen LogP contribution in [0.1, 0.15) is 54.9 Å². The van der Waals surface area contributed by atoms with Crippen LogP contribution in [-0.2, 0) is 11.2 Å². The van der Waals surface area contributed by atoms with Crippen molar-refractivity contribution >= 4 is 17.2 Å². The zero-order chi connectivity index (χ0) is 13.9. The summed E-state index contributed by atoms with van der Waals surface area (Å²) in [5, 5.41) is 11.1. The second kappa shape index (κ2) is 6.27. The molecule has 0 radical (unpaired) electrons. The lowest BCUT2D eigenvalue weighted by atomic mass is 9.86. The number of rotatable bonds is 4. The molecule has 1 amide bonds. The van der Waals surface area contributed by atoms with Crippen molar-refractivity contribution in [1.29, 1.82) is 0 Å². The van der Waals surface area contributed by atoms with Crippen molar-refractivity contribution in [2.45, 2.75) is 56.9 Å². The number of nitrogens with zero attached hydrogens (tertiary/aromatic N) is 1. The lowest BCUT2D eigenvalue weighted by Crippen LogP contribution is -2.39. The van der Waals surface area contributed by atoms with Crippen molar-refractivity contribution in [2.75, 3.05) is 13.2 Å². The van der Waals surface area contributed by atoms with Gasteiger partial charge in [0, 0.05) is 24.1 Å². The van der Waals surface area contributed by atoms with Crippen LogP contribution in [0, 0.1) is 0 Å². The molecular formula is C16H23NO2S. The van der Waals surface area contributed by atoms with Crippen LogP contribution in [-0.4, -0.2) is 35.1 Å². The van der Waals surface area contributed by atoms with E-state index in [4.69, 9.17) is 5.11 Å². The molecule has 1 fully saturated rings. The molecular weight excluding hydrogens is 270 g/mol. The SMILES string of the molecule is O=C(C1CCCc2sccc21)N1CCCC1CCCO. The van der Waals surface area contributed by atoms with Crippen molar-refractivity contribution in [1.82, 2.24) is 4.90 Å². The number of hydrogen-bond acceptors (Lipinski definition) is 3. The van der Waals surface area contributed by atoms with Gasteiger partial charge in [-0.3, -0.25) is 4.79 Å². The Hall–Kier alpha value is -0.870. The Bertz CT molecular complexity index is 471. The van der Waals surface area contributed by atoms with Gasteiger partial charge in [0.05, 0.1) is 5.92 Å². The molecule has 1 N–H and O–H groups in total. The molecule has 2 atom stereocenters. The molecule has 0 saturated carbocycles. The topological polar surface area (TPSA) is 40.5 Å². The molecule has 1 aromatic rings. The smallest absolute Gasteiger partial charge is 0.230 e. The van der Waals surface area contributed by atoms with Crippen LogP contribution in [0.15, 0.2) is 11.4 Å². The summed E-state index contributed by atoms with van der Waals surface area (Å²) in [6.07, 6.45) is 7.27. The van der Waals surface area contributed by atoms with Gasteiger partial charge in [0.2, 0.25) is 5.91 Å². The maximum Gasteiger partial charge on any atom is 0.230 e. The predicted octanol–water partition coefficient (Wildman–Crippen LogP) is 2.93. The van der Waals surface area contributed by atoms with Crippen molar-refractivity contribution in [2.24, 2.45) is 0 Å². The third-order valence-electron chi connectivity index (χ3n) is 4.71. The van der Waals surface area contributed by atoms with Crippen molar-refractivity contribution < 1.29 is 9.90 Å². The maximum absolute atomic E-state index is 12.9. The fraction of sp³-hybridized carbons (Fsp3) is 0.688. The van der Waals surface area contributed by atoms with E-state index in [0.29, 0.717) is 11.9 Å². The minimum atomic E-state index is 0.0970. The summed E-state index contributed by atoms with van der Waals surface area (Å²) in [6, 6.07) is 2.51. The molecule has 0 spiro atoms. The number of amides is 1. The quantitative estimate of drug-likeness (QED) is 0.927. The largest absolute Gasteiger partial charge is 0.396 e. The fourth-order valence-electron chi connectivity index (χ4n) is 3.70. The molecule has 0 aromatic carbocycles. The monoisotopic (exact) mass is 293 g/mol. The maximum atomic E-state index is 12.9. The first-order valence-electron chi connectivity index (χ1n) is 7.79. The highest BCUT2D eigenvalue weighted by Gasteiger charge is 2.35. The normalized spacial score (nSPS) is 25.8. The molecule has 1 aliphatic carbocycles. The summed E-state index contributed by atoms with van der Waals surface area (Å²) in [5.74, 6) is 0.435. The van der Waals surface area contributed by atoms with Crippen molar-refractivity contribution in [3.63, 3.8) is 0 Å². The highest BCUT2D eigenvalue weighted by molar-refractivity contribution is 7.10. The van der Waals surface area contributed by atoms with Gasteiger partial charge < -0.3 is 10.0 Å². The first-order chi connectivity index (χ1) is 9.81.